The number of amides is 2. The summed E-state index contributed by atoms with van der Waals surface area (Å²) in [6.07, 6.45) is 5.62. The van der Waals surface area contributed by atoms with E-state index in [1.165, 1.54) is 11.4 Å². The molecule has 1 N–H and O–H groups in total. The standard InChI is InChI=1S/C28H39N3O6S/c1-21(28(33)29-23-9-5-6-10-23)30(20-22-14-16-25(36-2)17-15-22)27(32)13-8-18-31(38(4,34)35)24-11-7-12-26(19-24)37-3/h7,11-12,14-17,19,21,23H,5-6,8-10,13,18,20H2,1-4H3,(H,29,33)/t21-/m1/s1. The zero-order valence-electron chi connectivity index (χ0n) is 22.7. The molecule has 0 radical (unpaired) electrons. The summed E-state index contributed by atoms with van der Waals surface area (Å²) in [6.45, 7) is 2.12. The van der Waals surface area contributed by atoms with E-state index in [1.807, 2.05) is 24.3 Å². The molecule has 2 aromatic carbocycles. The van der Waals surface area contributed by atoms with E-state index in [-0.39, 0.29) is 37.4 Å². The van der Waals surface area contributed by atoms with E-state index in [2.05, 4.69) is 5.32 Å². The molecule has 1 atom stereocenters. The molecule has 0 aliphatic heterocycles. The van der Waals surface area contributed by atoms with Gasteiger partial charge in [0.05, 0.1) is 26.2 Å². The van der Waals surface area contributed by atoms with Crippen LogP contribution in [0, 0.1) is 0 Å². The number of carbonyl (C=O) groups excluding carboxylic acids is 2. The fourth-order valence-corrected chi connectivity index (χ4v) is 5.63. The minimum atomic E-state index is -3.58. The van der Waals surface area contributed by atoms with Gasteiger partial charge < -0.3 is 19.7 Å². The maximum absolute atomic E-state index is 13.5. The summed E-state index contributed by atoms with van der Waals surface area (Å²) in [5.74, 6) is 0.860. The first-order chi connectivity index (χ1) is 18.1. The predicted molar refractivity (Wildman–Crippen MR) is 148 cm³/mol. The molecule has 0 heterocycles. The van der Waals surface area contributed by atoms with E-state index in [9.17, 15) is 18.0 Å². The molecule has 2 aromatic rings. The average molecular weight is 546 g/mol. The van der Waals surface area contributed by atoms with E-state index < -0.39 is 16.1 Å². The summed E-state index contributed by atoms with van der Waals surface area (Å²) in [4.78, 5) is 28.1. The van der Waals surface area contributed by atoms with Gasteiger partial charge in [0.1, 0.15) is 17.5 Å². The molecule has 10 heteroatoms. The average Bonchev–Trinajstić information content (AvgIpc) is 3.41. The van der Waals surface area contributed by atoms with Crippen LogP contribution in [0.4, 0.5) is 5.69 Å². The Bertz CT molecular complexity index is 1180. The molecular weight excluding hydrogens is 506 g/mol. The number of nitrogens with one attached hydrogen (secondary N) is 1. The van der Waals surface area contributed by atoms with Gasteiger partial charge in [0, 0.05) is 31.6 Å². The highest BCUT2D eigenvalue weighted by Gasteiger charge is 2.28. The molecule has 0 spiro atoms. The van der Waals surface area contributed by atoms with Crippen molar-refractivity contribution in [1.29, 1.82) is 0 Å². The van der Waals surface area contributed by atoms with Crippen LogP contribution in [0.1, 0.15) is 51.0 Å². The lowest BCUT2D eigenvalue weighted by atomic mass is 10.1. The number of hydrogen-bond acceptors (Lipinski definition) is 6. The van der Waals surface area contributed by atoms with Crippen LogP contribution in [-0.4, -0.2) is 64.2 Å². The Hall–Kier alpha value is -3.27. The van der Waals surface area contributed by atoms with Gasteiger partial charge in [0.25, 0.3) is 0 Å². The summed E-state index contributed by atoms with van der Waals surface area (Å²) in [6, 6.07) is 13.7. The summed E-state index contributed by atoms with van der Waals surface area (Å²) >= 11 is 0. The van der Waals surface area contributed by atoms with Crippen LogP contribution in [0.15, 0.2) is 48.5 Å². The third-order valence-corrected chi connectivity index (χ3v) is 8.07. The zero-order valence-corrected chi connectivity index (χ0v) is 23.5. The Morgan fingerprint density at radius 2 is 1.68 bits per heavy atom. The number of ether oxygens (including phenoxy) is 2. The third-order valence-electron chi connectivity index (χ3n) is 6.87. The monoisotopic (exact) mass is 545 g/mol. The van der Waals surface area contributed by atoms with Gasteiger partial charge in [0.2, 0.25) is 21.8 Å². The van der Waals surface area contributed by atoms with Crippen molar-refractivity contribution < 1.29 is 27.5 Å². The predicted octanol–water partition coefficient (Wildman–Crippen LogP) is 3.73. The molecule has 38 heavy (non-hydrogen) atoms. The number of anilines is 1. The van der Waals surface area contributed by atoms with Gasteiger partial charge in [-0.25, -0.2) is 8.42 Å². The molecule has 1 aliphatic carbocycles. The van der Waals surface area contributed by atoms with E-state index >= 15 is 0 Å². The van der Waals surface area contributed by atoms with Crippen molar-refractivity contribution in [3.63, 3.8) is 0 Å². The van der Waals surface area contributed by atoms with Crippen molar-refractivity contribution in [1.82, 2.24) is 10.2 Å². The van der Waals surface area contributed by atoms with Crippen molar-refractivity contribution in [2.75, 3.05) is 31.3 Å². The summed E-state index contributed by atoms with van der Waals surface area (Å²) in [7, 11) is -0.476. The van der Waals surface area contributed by atoms with E-state index in [4.69, 9.17) is 9.47 Å². The van der Waals surface area contributed by atoms with Gasteiger partial charge >= 0.3 is 0 Å². The topological polar surface area (TPSA) is 105 Å². The van der Waals surface area contributed by atoms with E-state index in [0.717, 1.165) is 37.5 Å². The second-order valence-corrected chi connectivity index (χ2v) is 11.6. The van der Waals surface area contributed by atoms with Gasteiger partial charge in [-0.1, -0.05) is 31.0 Å². The number of rotatable bonds is 13. The maximum Gasteiger partial charge on any atom is 0.242 e. The van der Waals surface area contributed by atoms with Crippen LogP contribution < -0.4 is 19.1 Å². The van der Waals surface area contributed by atoms with Gasteiger partial charge in [-0.15, -0.1) is 0 Å². The van der Waals surface area contributed by atoms with Gasteiger partial charge in [-0.2, -0.15) is 0 Å². The molecule has 1 fully saturated rings. The lowest BCUT2D eigenvalue weighted by Gasteiger charge is -2.30. The fourth-order valence-electron chi connectivity index (χ4n) is 4.67. The van der Waals surface area contributed by atoms with Crippen LogP contribution in [-0.2, 0) is 26.2 Å². The molecule has 0 unspecified atom stereocenters. The lowest BCUT2D eigenvalue weighted by molar-refractivity contribution is -0.141. The number of benzene rings is 2. The van der Waals surface area contributed by atoms with Gasteiger partial charge in [-0.3, -0.25) is 13.9 Å². The Morgan fingerprint density at radius 1 is 1.03 bits per heavy atom. The molecule has 0 aromatic heterocycles. The second kappa shape index (κ2) is 13.5. The molecule has 9 nitrogen and oxygen atoms in total. The number of nitrogens with zero attached hydrogens (tertiary/aromatic N) is 2. The Labute approximate surface area is 226 Å². The minimum absolute atomic E-state index is 0.0905. The van der Waals surface area contributed by atoms with Crippen LogP contribution in [0.5, 0.6) is 11.5 Å². The van der Waals surface area contributed by atoms with Crippen molar-refractivity contribution >= 4 is 27.5 Å². The number of methoxy groups -OCH3 is 2. The summed E-state index contributed by atoms with van der Waals surface area (Å²) in [5, 5.41) is 3.09. The highest BCUT2D eigenvalue weighted by molar-refractivity contribution is 7.92. The second-order valence-electron chi connectivity index (χ2n) is 9.68. The summed E-state index contributed by atoms with van der Waals surface area (Å²) in [5.41, 5.74) is 1.34. The molecule has 3 rings (SSSR count). The van der Waals surface area contributed by atoms with Crippen molar-refractivity contribution in [3.8, 4) is 11.5 Å². The van der Waals surface area contributed by atoms with Crippen molar-refractivity contribution in [2.45, 2.75) is 64.1 Å². The van der Waals surface area contributed by atoms with E-state index in [1.54, 1.807) is 43.2 Å². The SMILES string of the molecule is COc1ccc(CN(C(=O)CCCN(c2cccc(OC)c2)S(C)(=O)=O)[C@H](C)C(=O)NC2CCCC2)cc1. The van der Waals surface area contributed by atoms with Crippen LogP contribution >= 0.6 is 0 Å². The smallest absolute Gasteiger partial charge is 0.242 e. The Morgan fingerprint density at radius 3 is 2.29 bits per heavy atom. The lowest BCUT2D eigenvalue weighted by Crippen LogP contribution is -2.49. The first kappa shape index (κ1) is 29.3. The molecule has 0 bridgehead atoms. The molecular formula is C28H39N3O6S. The molecule has 0 saturated heterocycles. The fraction of sp³-hybridized carbons (Fsp3) is 0.500. The zero-order chi connectivity index (χ0) is 27.7. The van der Waals surface area contributed by atoms with Crippen molar-refractivity contribution in [2.24, 2.45) is 0 Å². The first-order valence-corrected chi connectivity index (χ1v) is 14.8. The normalized spacial score (nSPS) is 14.5. The highest BCUT2D eigenvalue weighted by atomic mass is 32.2. The molecule has 208 valence electrons. The molecule has 1 saturated carbocycles. The first-order valence-electron chi connectivity index (χ1n) is 13.0. The maximum atomic E-state index is 13.5. The molecule has 2 amide bonds. The quantitative estimate of drug-likeness (QED) is 0.411. The number of hydrogen-bond donors (Lipinski definition) is 1. The van der Waals surface area contributed by atoms with Gasteiger partial charge in [0.15, 0.2) is 0 Å². The van der Waals surface area contributed by atoms with Crippen LogP contribution in [0.2, 0.25) is 0 Å². The third kappa shape index (κ3) is 8.11. The molecule has 1 aliphatic rings. The van der Waals surface area contributed by atoms with Gasteiger partial charge in [-0.05, 0) is 56.0 Å². The summed E-state index contributed by atoms with van der Waals surface area (Å²) < 4.78 is 36.8. The largest absolute Gasteiger partial charge is 0.497 e. The van der Waals surface area contributed by atoms with Crippen molar-refractivity contribution in [3.05, 3.63) is 54.1 Å². The van der Waals surface area contributed by atoms with E-state index in [0.29, 0.717) is 23.6 Å². The minimum Gasteiger partial charge on any atom is -0.497 e. The number of sulfonamides is 1. The van der Waals surface area contributed by atoms with Crippen LogP contribution in [0.25, 0.3) is 0 Å². The number of carbonyl (C=O) groups is 2. The van der Waals surface area contributed by atoms with Crippen LogP contribution in [0.3, 0.4) is 0 Å². The Kier molecular flexibility index (Phi) is 10.4. The highest BCUT2D eigenvalue weighted by Crippen LogP contribution is 2.24. The Balaban J connectivity index is 1.72.